The Morgan fingerprint density at radius 3 is 1.29 bits per heavy atom. The van der Waals surface area contributed by atoms with E-state index in [0.717, 1.165) is 38.5 Å². The second-order valence-electron chi connectivity index (χ2n) is 7.48. The summed E-state index contributed by atoms with van der Waals surface area (Å²) in [5.74, 6) is -0.315. The van der Waals surface area contributed by atoms with E-state index in [1.54, 1.807) is 36.4 Å². The predicted octanol–water partition coefficient (Wildman–Crippen LogP) is 7.02. The van der Waals surface area contributed by atoms with Crippen LogP contribution in [0.3, 0.4) is 0 Å². The molecule has 0 unspecified atom stereocenters. The quantitative estimate of drug-likeness (QED) is 0.161. The molecule has 0 heterocycles. The fraction of sp³-hybridized carbons (Fsp3) is 0.333. The summed E-state index contributed by atoms with van der Waals surface area (Å²) in [6.07, 6.45) is 9.07. The lowest BCUT2D eigenvalue weighted by Crippen LogP contribution is -2.17. The maximum atomic E-state index is 11.9. The molecular formula is C24H26Cl4N4O2. The Bertz CT molecular complexity index is 906. The molecule has 0 spiro atoms. The molecule has 0 fully saturated rings. The van der Waals surface area contributed by atoms with Crippen LogP contribution in [0, 0.1) is 0 Å². The van der Waals surface area contributed by atoms with Gasteiger partial charge in [-0.3, -0.25) is 9.59 Å². The van der Waals surface area contributed by atoms with Crippen molar-refractivity contribution in [1.82, 2.24) is 10.9 Å². The summed E-state index contributed by atoms with van der Waals surface area (Å²) >= 11 is 24.2. The lowest BCUT2D eigenvalue weighted by atomic mass is 10.1. The van der Waals surface area contributed by atoms with E-state index in [9.17, 15) is 9.59 Å². The average molecular weight is 544 g/mol. The summed E-state index contributed by atoms with van der Waals surface area (Å²) in [5.41, 5.74) is 6.10. The Hall–Kier alpha value is -2.12. The molecule has 2 aromatic rings. The Morgan fingerprint density at radius 2 is 0.941 bits per heavy atom. The van der Waals surface area contributed by atoms with Crippen LogP contribution in [0.15, 0.2) is 46.6 Å². The number of benzene rings is 2. The molecule has 10 heteroatoms. The number of nitrogens with zero attached hydrogens (tertiary/aromatic N) is 2. The molecule has 182 valence electrons. The first-order chi connectivity index (χ1) is 16.4. The van der Waals surface area contributed by atoms with E-state index in [4.69, 9.17) is 46.4 Å². The molecule has 6 nitrogen and oxygen atoms in total. The average Bonchev–Trinajstić information content (AvgIpc) is 2.79. The molecule has 34 heavy (non-hydrogen) atoms. The van der Waals surface area contributed by atoms with Crippen LogP contribution in [-0.2, 0) is 9.59 Å². The molecular weight excluding hydrogens is 518 g/mol. The predicted molar refractivity (Wildman–Crippen MR) is 141 cm³/mol. The van der Waals surface area contributed by atoms with Crippen LogP contribution in [-0.4, -0.2) is 24.2 Å². The summed E-state index contributed by atoms with van der Waals surface area (Å²) in [7, 11) is 0. The highest BCUT2D eigenvalue weighted by molar-refractivity contribution is 6.39. The van der Waals surface area contributed by atoms with Crippen molar-refractivity contribution in [2.45, 2.75) is 51.4 Å². The number of unbranched alkanes of at least 4 members (excludes halogenated alkanes) is 5. The number of halogens is 4. The maximum absolute atomic E-state index is 11.9. The summed E-state index contributed by atoms with van der Waals surface area (Å²) in [4.78, 5) is 23.7. The molecule has 0 saturated carbocycles. The topological polar surface area (TPSA) is 82.9 Å². The van der Waals surface area contributed by atoms with E-state index in [1.807, 2.05) is 0 Å². The van der Waals surface area contributed by atoms with Crippen LogP contribution in [0.2, 0.25) is 20.1 Å². The zero-order valence-electron chi connectivity index (χ0n) is 18.5. The number of amides is 2. The van der Waals surface area contributed by atoms with E-state index in [2.05, 4.69) is 21.1 Å². The normalized spacial score (nSPS) is 11.3. The molecule has 2 amide bonds. The Balaban J connectivity index is 1.50. The number of hydrogen-bond acceptors (Lipinski definition) is 4. The monoisotopic (exact) mass is 542 g/mol. The molecule has 2 N–H and O–H groups in total. The minimum atomic E-state index is -0.158. The molecule has 0 bridgehead atoms. The smallest absolute Gasteiger partial charge is 0.240 e. The third-order valence-electron chi connectivity index (χ3n) is 4.82. The third-order valence-corrected chi connectivity index (χ3v) is 6.14. The number of rotatable bonds is 13. The number of carbonyl (C=O) groups excluding carboxylic acids is 2. The summed E-state index contributed by atoms with van der Waals surface area (Å²) in [6.45, 7) is 0. The molecule has 0 aliphatic rings. The van der Waals surface area contributed by atoms with Crippen molar-refractivity contribution in [1.29, 1.82) is 0 Å². The summed E-state index contributed by atoms with van der Waals surface area (Å²) < 4.78 is 0. The second kappa shape index (κ2) is 15.7. The first kappa shape index (κ1) is 28.1. The molecule has 2 aromatic carbocycles. The molecule has 0 aliphatic heterocycles. The van der Waals surface area contributed by atoms with E-state index in [-0.39, 0.29) is 11.8 Å². The van der Waals surface area contributed by atoms with Gasteiger partial charge in [0.25, 0.3) is 0 Å². The molecule has 0 atom stereocenters. The molecule has 0 saturated heterocycles. The number of hydrazone groups is 2. The van der Waals surface area contributed by atoms with E-state index < -0.39 is 0 Å². The van der Waals surface area contributed by atoms with Gasteiger partial charge in [0.15, 0.2) is 0 Å². The highest BCUT2D eigenvalue weighted by Crippen LogP contribution is 2.23. The maximum Gasteiger partial charge on any atom is 0.240 e. The Labute approximate surface area is 219 Å². The van der Waals surface area contributed by atoms with Crippen molar-refractivity contribution in [3.05, 3.63) is 67.6 Å². The van der Waals surface area contributed by atoms with Gasteiger partial charge in [0, 0.05) is 24.0 Å². The number of carbonyl (C=O) groups is 2. The van der Waals surface area contributed by atoms with Gasteiger partial charge in [-0.1, -0.05) is 84.2 Å². The lowest BCUT2D eigenvalue weighted by molar-refractivity contribution is -0.122. The standard InChI is InChI=1S/C24H26Cl4N4O2/c25-19-9-7-10-20(26)17(19)15-29-31-23(33)13-5-3-1-2-4-6-14-24(34)32-30-16-18-21(27)11-8-12-22(18)28/h7-12,15-16H,1-6,13-14H2,(H,31,33)(H,32,34). The van der Waals surface area contributed by atoms with Gasteiger partial charge in [-0.05, 0) is 37.1 Å². The van der Waals surface area contributed by atoms with Crippen LogP contribution in [0.25, 0.3) is 0 Å². The van der Waals surface area contributed by atoms with Crippen molar-refractivity contribution >= 4 is 70.6 Å². The van der Waals surface area contributed by atoms with Crippen LogP contribution in [0.4, 0.5) is 0 Å². The number of hydrogen-bond donors (Lipinski definition) is 2. The van der Waals surface area contributed by atoms with Crippen LogP contribution < -0.4 is 10.9 Å². The third kappa shape index (κ3) is 10.4. The lowest BCUT2D eigenvalue weighted by Gasteiger charge is -2.03. The van der Waals surface area contributed by atoms with Gasteiger partial charge in [0.05, 0.1) is 32.5 Å². The van der Waals surface area contributed by atoms with Crippen molar-refractivity contribution in [2.75, 3.05) is 0 Å². The zero-order valence-corrected chi connectivity index (χ0v) is 21.5. The first-order valence-electron chi connectivity index (χ1n) is 10.9. The second-order valence-corrected chi connectivity index (χ2v) is 9.11. The fourth-order valence-corrected chi connectivity index (χ4v) is 3.99. The van der Waals surface area contributed by atoms with E-state index >= 15 is 0 Å². The van der Waals surface area contributed by atoms with Gasteiger partial charge < -0.3 is 0 Å². The van der Waals surface area contributed by atoms with E-state index in [0.29, 0.717) is 44.1 Å². The molecule has 0 aliphatic carbocycles. The van der Waals surface area contributed by atoms with Gasteiger partial charge >= 0.3 is 0 Å². The summed E-state index contributed by atoms with van der Waals surface area (Å²) in [5, 5.41) is 9.70. The minimum Gasteiger partial charge on any atom is -0.273 e. The van der Waals surface area contributed by atoms with Gasteiger partial charge in [0.2, 0.25) is 11.8 Å². The van der Waals surface area contributed by atoms with Crippen LogP contribution in [0.5, 0.6) is 0 Å². The van der Waals surface area contributed by atoms with Gasteiger partial charge in [0.1, 0.15) is 0 Å². The molecule has 2 rings (SSSR count). The van der Waals surface area contributed by atoms with Gasteiger partial charge in [-0.15, -0.1) is 0 Å². The largest absolute Gasteiger partial charge is 0.273 e. The highest BCUT2D eigenvalue weighted by Gasteiger charge is 2.05. The van der Waals surface area contributed by atoms with Gasteiger partial charge in [-0.25, -0.2) is 10.9 Å². The van der Waals surface area contributed by atoms with E-state index in [1.165, 1.54) is 12.4 Å². The van der Waals surface area contributed by atoms with Crippen molar-refractivity contribution < 1.29 is 9.59 Å². The zero-order chi connectivity index (χ0) is 24.8. The van der Waals surface area contributed by atoms with Crippen LogP contribution in [0.1, 0.15) is 62.5 Å². The fourth-order valence-electron chi connectivity index (χ4n) is 3.00. The SMILES string of the molecule is O=C(CCCCCCCCC(=O)NN=Cc1c(Cl)cccc1Cl)NN=Cc1c(Cl)cccc1Cl. The van der Waals surface area contributed by atoms with Crippen molar-refractivity contribution in [2.24, 2.45) is 10.2 Å². The molecule has 0 aromatic heterocycles. The molecule has 0 radical (unpaired) electrons. The first-order valence-corrected chi connectivity index (χ1v) is 12.4. The summed E-state index contributed by atoms with van der Waals surface area (Å²) in [6, 6.07) is 10.3. The van der Waals surface area contributed by atoms with Gasteiger partial charge in [-0.2, -0.15) is 10.2 Å². The number of nitrogens with one attached hydrogen (secondary N) is 2. The Morgan fingerprint density at radius 1 is 0.618 bits per heavy atom. The van der Waals surface area contributed by atoms with Crippen molar-refractivity contribution in [3.63, 3.8) is 0 Å². The minimum absolute atomic E-state index is 0.158. The highest BCUT2D eigenvalue weighted by atomic mass is 35.5. The van der Waals surface area contributed by atoms with Crippen LogP contribution >= 0.6 is 46.4 Å². The van der Waals surface area contributed by atoms with Crippen molar-refractivity contribution in [3.8, 4) is 0 Å². The Kier molecular flexibility index (Phi) is 13.0.